The van der Waals surface area contributed by atoms with Gasteiger partial charge in [0.15, 0.2) is 23.0 Å². The van der Waals surface area contributed by atoms with Crippen molar-refractivity contribution in [3.63, 3.8) is 0 Å². The molecule has 0 fully saturated rings. The molecule has 0 spiro atoms. The lowest BCUT2D eigenvalue weighted by Gasteiger charge is -2.39. The van der Waals surface area contributed by atoms with E-state index in [1.807, 2.05) is 33.8 Å². The lowest BCUT2D eigenvalue weighted by molar-refractivity contribution is -0.162. The molecule has 0 N–H and O–H groups in total. The average molecular weight is 559 g/mol. The highest BCUT2D eigenvalue weighted by atomic mass is 16.7. The van der Waals surface area contributed by atoms with Crippen molar-refractivity contribution in [3.05, 3.63) is 23.3 Å². The van der Waals surface area contributed by atoms with Crippen LogP contribution in [0, 0.1) is 17.8 Å². The molecule has 5 atom stereocenters. The summed E-state index contributed by atoms with van der Waals surface area (Å²) < 4.78 is 47.2. The summed E-state index contributed by atoms with van der Waals surface area (Å²) >= 11 is 0. The van der Waals surface area contributed by atoms with Crippen molar-refractivity contribution in [2.24, 2.45) is 17.8 Å². The topological polar surface area (TPSA) is 108 Å². The van der Waals surface area contributed by atoms with E-state index in [1.54, 1.807) is 6.07 Å². The summed E-state index contributed by atoms with van der Waals surface area (Å²) in [5, 5.41) is 0. The standard InChI is InChI=1S/C30H38O10/c1-10-14(2)30(32)40-25-16(4)15(3)24(39-17(5)31)18-11-20(33-6)26(34-7)28(35-8)22(18)23-19(25)12-21-27(29(23)36-9)38-13-37-21/h11-12,14-16,24-25H,10,13H2,1-9H3/t14-,15+,16-,24-,25-/m1/s1. The molecule has 2 aliphatic rings. The van der Waals surface area contributed by atoms with Crippen molar-refractivity contribution in [2.75, 3.05) is 35.2 Å². The maximum absolute atomic E-state index is 13.2. The number of carbonyl (C=O) groups excluding carboxylic acids is 2. The highest BCUT2D eigenvalue weighted by molar-refractivity contribution is 5.89. The van der Waals surface area contributed by atoms with E-state index >= 15 is 0 Å². The molecule has 1 aliphatic carbocycles. The van der Waals surface area contributed by atoms with Crippen LogP contribution in [0.2, 0.25) is 0 Å². The molecule has 10 heteroatoms. The number of fused-ring (bicyclic) bond motifs is 4. The van der Waals surface area contributed by atoms with Crippen LogP contribution in [0.25, 0.3) is 11.1 Å². The molecule has 0 saturated carbocycles. The monoisotopic (exact) mass is 558 g/mol. The van der Waals surface area contributed by atoms with E-state index in [4.69, 9.17) is 37.9 Å². The molecular weight excluding hydrogens is 520 g/mol. The van der Waals surface area contributed by atoms with Gasteiger partial charge in [-0.25, -0.2) is 0 Å². The first-order valence-electron chi connectivity index (χ1n) is 13.3. The molecule has 0 radical (unpaired) electrons. The molecule has 2 aromatic rings. The van der Waals surface area contributed by atoms with Gasteiger partial charge in [0.1, 0.15) is 12.2 Å². The number of carbonyl (C=O) groups is 2. The predicted octanol–water partition coefficient (Wildman–Crippen LogP) is 5.64. The van der Waals surface area contributed by atoms with Gasteiger partial charge in [-0.05, 0) is 18.6 Å². The third-order valence-electron chi connectivity index (χ3n) is 7.91. The lowest BCUT2D eigenvalue weighted by atomic mass is 9.74. The molecule has 0 amide bonds. The molecule has 218 valence electrons. The molecule has 2 aromatic carbocycles. The first-order valence-corrected chi connectivity index (χ1v) is 13.3. The Balaban J connectivity index is 2.19. The zero-order chi connectivity index (χ0) is 29.3. The van der Waals surface area contributed by atoms with Crippen LogP contribution in [-0.2, 0) is 19.1 Å². The van der Waals surface area contributed by atoms with Gasteiger partial charge in [-0.15, -0.1) is 0 Å². The third kappa shape index (κ3) is 4.84. The number of benzene rings is 2. The Hall–Kier alpha value is -3.82. The maximum Gasteiger partial charge on any atom is 0.309 e. The van der Waals surface area contributed by atoms with Crippen LogP contribution in [0.5, 0.6) is 34.5 Å². The van der Waals surface area contributed by atoms with Crippen LogP contribution in [0.4, 0.5) is 0 Å². The summed E-state index contributed by atoms with van der Waals surface area (Å²) in [6, 6.07) is 3.61. The number of rotatable bonds is 8. The fourth-order valence-corrected chi connectivity index (χ4v) is 5.41. The molecule has 1 aliphatic heterocycles. The first-order chi connectivity index (χ1) is 19.1. The lowest BCUT2D eigenvalue weighted by Crippen LogP contribution is -2.32. The van der Waals surface area contributed by atoms with E-state index in [2.05, 4.69) is 0 Å². The Morgan fingerprint density at radius 3 is 1.98 bits per heavy atom. The van der Waals surface area contributed by atoms with Gasteiger partial charge < -0.3 is 37.9 Å². The molecular formula is C30H38O10. The molecule has 1 heterocycles. The van der Waals surface area contributed by atoms with E-state index in [0.717, 1.165) is 0 Å². The van der Waals surface area contributed by atoms with E-state index in [0.29, 0.717) is 63.2 Å². The molecule has 0 aromatic heterocycles. The number of methoxy groups -OCH3 is 4. The van der Waals surface area contributed by atoms with E-state index in [-0.39, 0.29) is 30.5 Å². The van der Waals surface area contributed by atoms with Crippen LogP contribution < -0.4 is 28.4 Å². The fraction of sp³-hybridized carbons (Fsp3) is 0.533. The van der Waals surface area contributed by atoms with Gasteiger partial charge in [0, 0.05) is 41.0 Å². The minimum Gasteiger partial charge on any atom is -0.493 e. The number of hydrogen-bond acceptors (Lipinski definition) is 10. The summed E-state index contributed by atoms with van der Waals surface area (Å²) in [4.78, 5) is 25.7. The van der Waals surface area contributed by atoms with Crippen LogP contribution in [0.1, 0.15) is 64.4 Å². The van der Waals surface area contributed by atoms with Gasteiger partial charge in [0.25, 0.3) is 0 Å². The van der Waals surface area contributed by atoms with Crippen LogP contribution in [-0.4, -0.2) is 47.2 Å². The average Bonchev–Trinajstić information content (AvgIpc) is 3.43. The predicted molar refractivity (Wildman–Crippen MR) is 145 cm³/mol. The van der Waals surface area contributed by atoms with Gasteiger partial charge in [-0.2, -0.15) is 0 Å². The van der Waals surface area contributed by atoms with E-state index in [9.17, 15) is 9.59 Å². The Bertz CT molecular complexity index is 1290. The highest BCUT2D eigenvalue weighted by Crippen LogP contribution is 2.60. The SMILES string of the molecule is CC[C@@H](C)C(=O)O[C@H]1c2cc3c(c(OC)c2-c2c(cc(OC)c(OC)c2OC)[C@H](OC(C)=O)[C@@H](C)[C@H]1C)OCO3. The van der Waals surface area contributed by atoms with Crippen LogP contribution in [0.15, 0.2) is 12.1 Å². The minimum absolute atomic E-state index is 0.00383. The zero-order valence-corrected chi connectivity index (χ0v) is 24.5. The van der Waals surface area contributed by atoms with E-state index < -0.39 is 18.2 Å². The van der Waals surface area contributed by atoms with Gasteiger partial charge >= 0.3 is 11.9 Å². The Kier molecular flexibility index (Phi) is 8.56. The molecule has 0 unspecified atom stereocenters. The minimum atomic E-state index is -0.760. The van der Waals surface area contributed by atoms with Crippen molar-refractivity contribution in [3.8, 4) is 45.6 Å². The summed E-state index contributed by atoms with van der Waals surface area (Å²) in [5.74, 6) is 0.571. The summed E-state index contributed by atoms with van der Waals surface area (Å²) in [6.45, 7) is 9.06. The molecule has 4 rings (SSSR count). The van der Waals surface area contributed by atoms with Crippen molar-refractivity contribution in [1.29, 1.82) is 0 Å². The Morgan fingerprint density at radius 2 is 1.43 bits per heavy atom. The number of hydrogen-bond donors (Lipinski definition) is 0. The summed E-state index contributed by atoms with van der Waals surface area (Å²) in [7, 11) is 6.08. The third-order valence-corrected chi connectivity index (χ3v) is 7.91. The Labute approximate surface area is 234 Å². The number of esters is 2. The first kappa shape index (κ1) is 29.2. The largest absolute Gasteiger partial charge is 0.493 e. The quantitative estimate of drug-likeness (QED) is 0.378. The highest BCUT2D eigenvalue weighted by Gasteiger charge is 2.44. The normalized spacial score (nSPS) is 21.6. The van der Waals surface area contributed by atoms with Crippen molar-refractivity contribution in [1.82, 2.24) is 0 Å². The molecule has 0 bridgehead atoms. The Morgan fingerprint density at radius 1 is 0.850 bits per heavy atom. The van der Waals surface area contributed by atoms with Gasteiger partial charge in [-0.3, -0.25) is 9.59 Å². The van der Waals surface area contributed by atoms with Crippen LogP contribution in [0.3, 0.4) is 0 Å². The smallest absolute Gasteiger partial charge is 0.309 e. The molecule has 0 saturated heterocycles. The van der Waals surface area contributed by atoms with Crippen LogP contribution >= 0.6 is 0 Å². The van der Waals surface area contributed by atoms with Crippen molar-refractivity contribution < 1.29 is 47.5 Å². The second-order valence-corrected chi connectivity index (χ2v) is 10.1. The number of ether oxygens (including phenoxy) is 8. The zero-order valence-electron chi connectivity index (χ0n) is 24.5. The molecule has 40 heavy (non-hydrogen) atoms. The summed E-state index contributed by atoms with van der Waals surface area (Å²) in [5.41, 5.74) is 2.36. The van der Waals surface area contributed by atoms with Crippen molar-refractivity contribution >= 4 is 11.9 Å². The second kappa shape index (κ2) is 11.7. The fourth-order valence-electron chi connectivity index (χ4n) is 5.41. The van der Waals surface area contributed by atoms with E-state index in [1.165, 1.54) is 35.4 Å². The molecule has 10 nitrogen and oxygen atoms in total. The van der Waals surface area contributed by atoms with Gasteiger partial charge in [-0.1, -0.05) is 27.7 Å². The van der Waals surface area contributed by atoms with Gasteiger partial charge in [0.2, 0.25) is 18.3 Å². The second-order valence-electron chi connectivity index (χ2n) is 10.1. The van der Waals surface area contributed by atoms with Crippen molar-refractivity contribution in [2.45, 2.75) is 53.2 Å². The van der Waals surface area contributed by atoms with Gasteiger partial charge in [0.05, 0.1) is 34.4 Å². The summed E-state index contributed by atoms with van der Waals surface area (Å²) in [6.07, 6.45) is -0.889. The maximum atomic E-state index is 13.2.